The fraction of sp³-hybridized carbons (Fsp3) is 0.667. The third-order valence-corrected chi connectivity index (χ3v) is 2.11. The van der Waals surface area contributed by atoms with Gasteiger partial charge < -0.3 is 10.5 Å². The van der Waals surface area contributed by atoms with E-state index in [0.717, 1.165) is 19.4 Å². The number of nitrogens with zero attached hydrogens (tertiary/aromatic N) is 1. The highest BCUT2D eigenvalue weighted by Gasteiger charge is 2.05. The predicted octanol–water partition coefficient (Wildman–Crippen LogP) is 0.693. The second kappa shape index (κ2) is 9.84. The fourth-order valence-corrected chi connectivity index (χ4v) is 1.33. The molecule has 0 aliphatic carbocycles. The number of carbonyl (C=O) groups is 2. The molecular weight excluding hydrogens is 220 g/mol. The molecular formula is C12H22N2O3. The van der Waals surface area contributed by atoms with Crippen molar-refractivity contribution < 1.29 is 14.3 Å². The molecule has 0 fully saturated rings. The third kappa shape index (κ3) is 9.56. The molecule has 0 aromatic rings. The van der Waals surface area contributed by atoms with Gasteiger partial charge in [-0.25, -0.2) is 4.79 Å². The molecule has 0 heterocycles. The molecule has 0 rings (SSSR count). The Kier molecular flexibility index (Phi) is 9.05. The number of primary amides is 1. The van der Waals surface area contributed by atoms with Gasteiger partial charge in [-0.2, -0.15) is 0 Å². The number of amides is 1. The van der Waals surface area contributed by atoms with Crippen LogP contribution in [0, 0.1) is 0 Å². The van der Waals surface area contributed by atoms with Crippen LogP contribution in [0.5, 0.6) is 0 Å². The number of unbranched alkanes of at least 4 members (excludes halogenated alkanes) is 1. The first-order valence-electron chi connectivity index (χ1n) is 5.94. The smallest absolute Gasteiger partial charge is 0.330 e. The van der Waals surface area contributed by atoms with Crippen molar-refractivity contribution in [1.29, 1.82) is 0 Å². The van der Waals surface area contributed by atoms with Crippen molar-refractivity contribution in [3.8, 4) is 0 Å². The highest BCUT2D eigenvalue weighted by atomic mass is 16.5. The summed E-state index contributed by atoms with van der Waals surface area (Å²) in [5.41, 5.74) is 5.15. The molecule has 0 aliphatic rings. The average Bonchev–Trinajstić information content (AvgIpc) is 2.25. The van der Waals surface area contributed by atoms with Gasteiger partial charge in [-0.1, -0.05) is 19.4 Å². The number of nitrogens with two attached hydrogens (primary N) is 1. The number of esters is 1. The summed E-state index contributed by atoms with van der Waals surface area (Å²) in [6.07, 6.45) is 5.12. The second-order valence-corrected chi connectivity index (χ2v) is 3.71. The molecule has 0 saturated carbocycles. The highest BCUT2D eigenvalue weighted by molar-refractivity contribution is 5.81. The molecule has 0 aromatic heterocycles. The zero-order valence-corrected chi connectivity index (χ0v) is 10.6. The first-order valence-corrected chi connectivity index (χ1v) is 5.94. The van der Waals surface area contributed by atoms with Gasteiger partial charge >= 0.3 is 5.97 Å². The molecule has 5 nitrogen and oxygen atoms in total. The van der Waals surface area contributed by atoms with E-state index in [1.54, 1.807) is 13.0 Å². The molecule has 0 unspecified atom stereocenters. The van der Waals surface area contributed by atoms with Crippen LogP contribution in [-0.4, -0.2) is 43.0 Å². The number of carbonyl (C=O) groups excluding carboxylic acids is 2. The lowest BCUT2D eigenvalue weighted by Gasteiger charge is -2.18. The molecule has 5 heteroatoms. The van der Waals surface area contributed by atoms with Gasteiger partial charge in [-0.15, -0.1) is 0 Å². The maximum atomic E-state index is 11.0. The zero-order valence-electron chi connectivity index (χ0n) is 10.6. The lowest BCUT2D eigenvalue weighted by Crippen LogP contribution is -2.34. The SMILES string of the molecule is CCCCN(C/C=C/C(=O)OCC)CC(N)=O. The molecule has 1 amide bonds. The Bertz CT molecular complexity index is 264. The van der Waals surface area contributed by atoms with Gasteiger partial charge in [0.15, 0.2) is 0 Å². The summed E-state index contributed by atoms with van der Waals surface area (Å²) in [6.45, 7) is 5.74. The molecule has 98 valence electrons. The van der Waals surface area contributed by atoms with Crippen LogP contribution in [0.25, 0.3) is 0 Å². The van der Waals surface area contributed by atoms with Crippen molar-refractivity contribution in [2.45, 2.75) is 26.7 Å². The molecule has 0 spiro atoms. The van der Waals surface area contributed by atoms with Gasteiger partial charge in [0.2, 0.25) is 5.91 Å². The van der Waals surface area contributed by atoms with Crippen molar-refractivity contribution in [1.82, 2.24) is 4.90 Å². The Morgan fingerprint density at radius 1 is 1.35 bits per heavy atom. The first kappa shape index (κ1) is 15.6. The van der Waals surface area contributed by atoms with Crippen molar-refractivity contribution >= 4 is 11.9 Å². The van der Waals surface area contributed by atoms with E-state index in [0.29, 0.717) is 13.2 Å². The topological polar surface area (TPSA) is 72.6 Å². The molecule has 0 bridgehead atoms. The van der Waals surface area contributed by atoms with Crippen LogP contribution < -0.4 is 5.73 Å². The standard InChI is InChI=1S/C12H22N2O3/c1-3-5-8-14(10-11(13)15)9-6-7-12(16)17-4-2/h6-7H,3-5,8-10H2,1-2H3,(H2,13,15)/b7-6+. The summed E-state index contributed by atoms with van der Waals surface area (Å²) < 4.78 is 4.75. The van der Waals surface area contributed by atoms with E-state index in [2.05, 4.69) is 6.92 Å². The Balaban J connectivity index is 4.04. The molecule has 0 atom stereocenters. The molecule has 0 saturated heterocycles. The second-order valence-electron chi connectivity index (χ2n) is 3.71. The maximum Gasteiger partial charge on any atom is 0.330 e. The fourth-order valence-electron chi connectivity index (χ4n) is 1.33. The van der Waals surface area contributed by atoms with E-state index < -0.39 is 0 Å². The first-order chi connectivity index (χ1) is 8.10. The van der Waals surface area contributed by atoms with Crippen LogP contribution in [-0.2, 0) is 14.3 Å². The van der Waals surface area contributed by atoms with Gasteiger partial charge in [-0.05, 0) is 19.9 Å². The van der Waals surface area contributed by atoms with Gasteiger partial charge in [0, 0.05) is 12.6 Å². The minimum Gasteiger partial charge on any atom is -0.463 e. The third-order valence-electron chi connectivity index (χ3n) is 2.11. The Morgan fingerprint density at radius 3 is 2.59 bits per heavy atom. The minimum atomic E-state index is -0.359. The lowest BCUT2D eigenvalue weighted by atomic mass is 10.3. The number of hydrogen-bond acceptors (Lipinski definition) is 4. The Labute approximate surface area is 103 Å². The quantitative estimate of drug-likeness (QED) is 0.477. The van der Waals surface area contributed by atoms with Crippen molar-refractivity contribution in [2.24, 2.45) is 5.73 Å². The van der Waals surface area contributed by atoms with Gasteiger partial charge in [0.05, 0.1) is 13.2 Å². The van der Waals surface area contributed by atoms with Crippen molar-refractivity contribution in [2.75, 3.05) is 26.2 Å². The van der Waals surface area contributed by atoms with Crippen LogP contribution in [0.3, 0.4) is 0 Å². The molecule has 0 aromatic carbocycles. The van der Waals surface area contributed by atoms with E-state index in [9.17, 15) is 9.59 Å². The summed E-state index contributed by atoms with van der Waals surface area (Å²) in [7, 11) is 0. The molecule has 0 aliphatic heterocycles. The summed E-state index contributed by atoms with van der Waals surface area (Å²) >= 11 is 0. The van der Waals surface area contributed by atoms with E-state index in [4.69, 9.17) is 10.5 Å². The van der Waals surface area contributed by atoms with Crippen LogP contribution in [0.2, 0.25) is 0 Å². The zero-order chi connectivity index (χ0) is 13.1. The lowest BCUT2D eigenvalue weighted by molar-refractivity contribution is -0.137. The van der Waals surface area contributed by atoms with E-state index in [1.165, 1.54) is 6.08 Å². The summed E-state index contributed by atoms with van der Waals surface area (Å²) in [4.78, 5) is 23.8. The molecule has 0 radical (unpaired) electrons. The Morgan fingerprint density at radius 2 is 2.06 bits per heavy atom. The van der Waals surface area contributed by atoms with E-state index >= 15 is 0 Å². The van der Waals surface area contributed by atoms with Crippen LogP contribution in [0.1, 0.15) is 26.7 Å². The van der Waals surface area contributed by atoms with Crippen molar-refractivity contribution in [3.05, 3.63) is 12.2 Å². The van der Waals surface area contributed by atoms with Crippen LogP contribution >= 0.6 is 0 Å². The molecule has 17 heavy (non-hydrogen) atoms. The number of hydrogen-bond donors (Lipinski definition) is 1. The normalized spacial score (nSPS) is 11.0. The predicted molar refractivity (Wildman–Crippen MR) is 66.3 cm³/mol. The van der Waals surface area contributed by atoms with E-state index in [-0.39, 0.29) is 18.4 Å². The number of rotatable bonds is 9. The maximum absolute atomic E-state index is 11.0. The largest absolute Gasteiger partial charge is 0.463 e. The van der Waals surface area contributed by atoms with Gasteiger partial charge in [-0.3, -0.25) is 9.69 Å². The van der Waals surface area contributed by atoms with Gasteiger partial charge in [0.25, 0.3) is 0 Å². The van der Waals surface area contributed by atoms with Crippen LogP contribution in [0.15, 0.2) is 12.2 Å². The van der Waals surface area contributed by atoms with Crippen LogP contribution in [0.4, 0.5) is 0 Å². The Hall–Kier alpha value is -1.36. The number of ether oxygens (including phenoxy) is 1. The monoisotopic (exact) mass is 242 g/mol. The van der Waals surface area contributed by atoms with Gasteiger partial charge in [0.1, 0.15) is 0 Å². The van der Waals surface area contributed by atoms with E-state index in [1.807, 2.05) is 4.90 Å². The highest BCUT2D eigenvalue weighted by Crippen LogP contribution is 1.95. The average molecular weight is 242 g/mol. The minimum absolute atomic E-state index is 0.215. The van der Waals surface area contributed by atoms with Crippen molar-refractivity contribution in [3.63, 3.8) is 0 Å². The summed E-state index contributed by atoms with van der Waals surface area (Å²) in [6, 6.07) is 0. The summed E-state index contributed by atoms with van der Waals surface area (Å²) in [5, 5.41) is 0. The summed E-state index contributed by atoms with van der Waals surface area (Å²) in [5.74, 6) is -0.715. The molecule has 2 N–H and O–H groups in total.